The minimum Gasteiger partial charge on any atom is -0.374 e. The zero-order chi connectivity index (χ0) is 14.8. The van der Waals surface area contributed by atoms with Crippen LogP contribution >= 0.6 is 0 Å². The Morgan fingerprint density at radius 1 is 1.40 bits per heavy atom. The highest BCUT2D eigenvalue weighted by Crippen LogP contribution is 2.33. The molecule has 106 valence electrons. The van der Waals surface area contributed by atoms with Crippen molar-refractivity contribution in [2.75, 3.05) is 11.9 Å². The van der Waals surface area contributed by atoms with Gasteiger partial charge in [0.1, 0.15) is 6.04 Å². The maximum atomic E-state index is 12.7. The number of nitrogens with zero attached hydrogens (tertiary/aromatic N) is 1. The van der Waals surface area contributed by atoms with Crippen LogP contribution in [0.4, 0.5) is 18.9 Å². The number of hydrogen-bond donors (Lipinski definition) is 2. The standard InChI is InChI=1S/C13H12F3N3O/c14-13(15,16)10-4-3-9(6-8(10)7-17)19-11-2-1-5-18-12(11)20/h3-4,6,11,19H,1-2,5H2,(H,18,20). The number of nitrogens with one attached hydrogen (secondary N) is 2. The molecule has 0 bridgehead atoms. The number of benzene rings is 1. The van der Waals surface area contributed by atoms with E-state index in [4.69, 9.17) is 5.26 Å². The summed E-state index contributed by atoms with van der Waals surface area (Å²) in [7, 11) is 0. The van der Waals surface area contributed by atoms with Gasteiger partial charge < -0.3 is 10.6 Å². The smallest absolute Gasteiger partial charge is 0.374 e. The van der Waals surface area contributed by atoms with Crippen LogP contribution in [0.15, 0.2) is 18.2 Å². The fourth-order valence-corrected chi connectivity index (χ4v) is 2.08. The molecular formula is C13H12F3N3O. The van der Waals surface area contributed by atoms with Crippen LogP contribution < -0.4 is 10.6 Å². The number of anilines is 1. The summed E-state index contributed by atoms with van der Waals surface area (Å²) in [4.78, 5) is 11.6. The lowest BCUT2D eigenvalue weighted by molar-refractivity contribution is -0.137. The third-order valence-corrected chi connectivity index (χ3v) is 3.07. The molecule has 2 N–H and O–H groups in total. The van der Waals surface area contributed by atoms with Gasteiger partial charge in [0.05, 0.1) is 17.2 Å². The number of piperidine rings is 1. The summed E-state index contributed by atoms with van der Waals surface area (Å²) in [5, 5.41) is 14.3. The summed E-state index contributed by atoms with van der Waals surface area (Å²) >= 11 is 0. The monoisotopic (exact) mass is 283 g/mol. The van der Waals surface area contributed by atoms with E-state index >= 15 is 0 Å². The summed E-state index contributed by atoms with van der Waals surface area (Å²) < 4.78 is 38.0. The average molecular weight is 283 g/mol. The normalized spacial score (nSPS) is 19.1. The van der Waals surface area contributed by atoms with E-state index in [9.17, 15) is 18.0 Å². The summed E-state index contributed by atoms with van der Waals surface area (Å²) in [6.45, 7) is 0.605. The Morgan fingerprint density at radius 3 is 2.75 bits per heavy atom. The van der Waals surface area contributed by atoms with E-state index in [1.807, 2.05) is 0 Å². The number of nitriles is 1. The Bertz CT molecular complexity index is 563. The SMILES string of the molecule is N#Cc1cc(NC2CCCNC2=O)ccc1C(F)(F)F. The van der Waals surface area contributed by atoms with Gasteiger partial charge in [0.2, 0.25) is 5.91 Å². The Labute approximate surface area is 113 Å². The lowest BCUT2D eigenvalue weighted by Gasteiger charge is -2.24. The molecule has 1 amide bonds. The van der Waals surface area contributed by atoms with Gasteiger partial charge in [0, 0.05) is 12.2 Å². The molecule has 1 heterocycles. The third kappa shape index (κ3) is 3.02. The van der Waals surface area contributed by atoms with Gasteiger partial charge in [-0.3, -0.25) is 4.79 Å². The number of carbonyl (C=O) groups is 1. The highest BCUT2D eigenvalue weighted by Gasteiger charge is 2.33. The topological polar surface area (TPSA) is 64.9 Å². The number of carbonyl (C=O) groups excluding carboxylic acids is 1. The zero-order valence-electron chi connectivity index (χ0n) is 10.4. The van der Waals surface area contributed by atoms with Gasteiger partial charge in [-0.1, -0.05) is 0 Å². The Kier molecular flexibility index (Phi) is 3.84. The predicted molar refractivity (Wildman–Crippen MR) is 65.8 cm³/mol. The van der Waals surface area contributed by atoms with Gasteiger partial charge in [0.25, 0.3) is 0 Å². The van der Waals surface area contributed by atoms with Crippen LogP contribution in [-0.4, -0.2) is 18.5 Å². The average Bonchev–Trinajstić information content (AvgIpc) is 2.40. The van der Waals surface area contributed by atoms with Crippen molar-refractivity contribution in [1.82, 2.24) is 5.32 Å². The molecule has 1 aliphatic rings. The van der Waals surface area contributed by atoms with E-state index in [0.717, 1.165) is 18.6 Å². The molecule has 7 heteroatoms. The molecule has 1 aliphatic heterocycles. The molecule has 1 fully saturated rings. The van der Waals surface area contributed by atoms with Gasteiger partial charge in [-0.2, -0.15) is 18.4 Å². The number of alkyl halides is 3. The molecule has 1 saturated heterocycles. The molecule has 0 spiro atoms. The van der Waals surface area contributed by atoms with Gasteiger partial charge >= 0.3 is 6.18 Å². The molecule has 1 atom stereocenters. The van der Waals surface area contributed by atoms with E-state index in [-0.39, 0.29) is 5.91 Å². The molecule has 20 heavy (non-hydrogen) atoms. The molecular weight excluding hydrogens is 271 g/mol. The first-order valence-electron chi connectivity index (χ1n) is 6.07. The lowest BCUT2D eigenvalue weighted by Crippen LogP contribution is -2.44. The van der Waals surface area contributed by atoms with Crippen LogP contribution in [0.1, 0.15) is 24.0 Å². The fraction of sp³-hybridized carbons (Fsp3) is 0.385. The second kappa shape index (κ2) is 5.41. The summed E-state index contributed by atoms with van der Waals surface area (Å²) in [5.74, 6) is -0.186. The van der Waals surface area contributed by atoms with Gasteiger partial charge in [-0.25, -0.2) is 0 Å². The first kappa shape index (κ1) is 14.2. The second-order valence-electron chi connectivity index (χ2n) is 4.50. The van der Waals surface area contributed by atoms with E-state index in [0.29, 0.717) is 18.7 Å². The zero-order valence-corrected chi connectivity index (χ0v) is 10.4. The summed E-state index contributed by atoms with van der Waals surface area (Å²) in [5.41, 5.74) is -1.10. The summed E-state index contributed by atoms with van der Waals surface area (Å²) in [6.07, 6.45) is -3.16. The lowest BCUT2D eigenvalue weighted by atomic mass is 10.0. The summed E-state index contributed by atoms with van der Waals surface area (Å²) in [6, 6.07) is 4.24. The minimum absolute atomic E-state index is 0.186. The molecule has 0 saturated carbocycles. The molecule has 0 aliphatic carbocycles. The Morgan fingerprint density at radius 2 is 2.15 bits per heavy atom. The van der Waals surface area contributed by atoms with Crippen molar-refractivity contribution in [3.05, 3.63) is 29.3 Å². The van der Waals surface area contributed by atoms with Crippen molar-refractivity contribution in [3.63, 3.8) is 0 Å². The first-order chi connectivity index (χ1) is 9.41. The van der Waals surface area contributed by atoms with Crippen molar-refractivity contribution < 1.29 is 18.0 Å². The first-order valence-corrected chi connectivity index (χ1v) is 6.07. The van der Waals surface area contributed by atoms with Crippen LogP contribution in [0.2, 0.25) is 0 Å². The largest absolute Gasteiger partial charge is 0.417 e. The van der Waals surface area contributed by atoms with E-state index < -0.39 is 23.3 Å². The molecule has 0 radical (unpaired) electrons. The molecule has 0 aromatic heterocycles. The second-order valence-corrected chi connectivity index (χ2v) is 4.50. The van der Waals surface area contributed by atoms with Gasteiger partial charge in [0.15, 0.2) is 0 Å². The van der Waals surface area contributed by atoms with Crippen molar-refractivity contribution in [1.29, 1.82) is 5.26 Å². The maximum absolute atomic E-state index is 12.7. The van der Waals surface area contributed by atoms with Crippen LogP contribution in [0, 0.1) is 11.3 Å². The van der Waals surface area contributed by atoms with Crippen molar-refractivity contribution in [2.24, 2.45) is 0 Å². The van der Waals surface area contributed by atoms with Crippen molar-refractivity contribution in [3.8, 4) is 6.07 Å². The predicted octanol–water partition coefficient (Wildman–Crippen LogP) is 2.27. The fourth-order valence-electron chi connectivity index (χ4n) is 2.08. The Hall–Kier alpha value is -2.23. The minimum atomic E-state index is -4.56. The maximum Gasteiger partial charge on any atom is 0.417 e. The molecule has 1 aromatic carbocycles. The van der Waals surface area contributed by atoms with Gasteiger partial charge in [-0.15, -0.1) is 0 Å². The number of rotatable bonds is 2. The highest BCUT2D eigenvalue weighted by atomic mass is 19.4. The highest BCUT2D eigenvalue weighted by molar-refractivity contribution is 5.85. The molecule has 1 unspecified atom stereocenters. The van der Waals surface area contributed by atoms with Crippen LogP contribution in [-0.2, 0) is 11.0 Å². The van der Waals surface area contributed by atoms with Crippen LogP contribution in [0.3, 0.4) is 0 Å². The number of amides is 1. The van der Waals surface area contributed by atoms with E-state index in [1.165, 1.54) is 12.1 Å². The van der Waals surface area contributed by atoms with Gasteiger partial charge in [-0.05, 0) is 31.0 Å². The Balaban J connectivity index is 2.22. The van der Waals surface area contributed by atoms with Crippen molar-refractivity contribution >= 4 is 11.6 Å². The van der Waals surface area contributed by atoms with E-state index in [2.05, 4.69) is 10.6 Å². The molecule has 1 aromatic rings. The van der Waals surface area contributed by atoms with Crippen LogP contribution in [0.25, 0.3) is 0 Å². The number of halogens is 3. The van der Waals surface area contributed by atoms with Crippen LogP contribution in [0.5, 0.6) is 0 Å². The molecule has 4 nitrogen and oxygen atoms in total. The third-order valence-electron chi connectivity index (χ3n) is 3.07. The van der Waals surface area contributed by atoms with E-state index in [1.54, 1.807) is 0 Å². The quantitative estimate of drug-likeness (QED) is 0.875. The number of hydrogen-bond acceptors (Lipinski definition) is 3. The van der Waals surface area contributed by atoms with Crippen molar-refractivity contribution in [2.45, 2.75) is 25.1 Å². The molecule has 2 rings (SSSR count).